The molecular formula is C17H21F2N3O4. The first-order chi connectivity index (χ1) is 12.3. The summed E-state index contributed by atoms with van der Waals surface area (Å²) in [5, 5.41) is 11.6. The van der Waals surface area contributed by atoms with E-state index < -0.39 is 29.0 Å². The van der Waals surface area contributed by atoms with Crippen molar-refractivity contribution in [3.8, 4) is 0 Å². The van der Waals surface area contributed by atoms with Gasteiger partial charge >= 0.3 is 12.0 Å². The number of hydrogen-bond acceptors (Lipinski definition) is 4. The van der Waals surface area contributed by atoms with Gasteiger partial charge in [-0.25, -0.2) is 13.6 Å². The van der Waals surface area contributed by atoms with Crippen molar-refractivity contribution in [2.45, 2.75) is 13.3 Å². The second-order valence-corrected chi connectivity index (χ2v) is 6.85. The molecule has 1 aromatic rings. The predicted molar refractivity (Wildman–Crippen MR) is 90.3 cm³/mol. The van der Waals surface area contributed by atoms with E-state index in [2.05, 4.69) is 5.32 Å². The van der Waals surface area contributed by atoms with Gasteiger partial charge in [-0.1, -0.05) is 0 Å². The molecule has 0 aliphatic carbocycles. The van der Waals surface area contributed by atoms with Gasteiger partial charge in [0.1, 0.15) is 11.6 Å². The molecule has 9 heteroatoms. The van der Waals surface area contributed by atoms with Crippen molar-refractivity contribution in [2.75, 3.05) is 49.6 Å². The number of ether oxygens (including phenoxy) is 1. The first-order valence-electron chi connectivity index (χ1n) is 8.41. The highest BCUT2D eigenvalue weighted by atomic mass is 19.1. The quantitative estimate of drug-likeness (QED) is 0.853. The van der Waals surface area contributed by atoms with Crippen molar-refractivity contribution in [2.24, 2.45) is 5.41 Å². The lowest BCUT2D eigenvalue weighted by atomic mass is 9.90. The van der Waals surface area contributed by atoms with Gasteiger partial charge in [0.25, 0.3) is 0 Å². The van der Waals surface area contributed by atoms with Crippen molar-refractivity contribution < 1.29 is 28.2 Å². The maximum Gasteiger partial charge on any atom is 0.321 e. The molecule has 2 aliphatic rings. The number of benzene rings is 1. The van der Waals surface area contributed by atoms with E-state index in [9.17, 15) is 23.5 Å². The largest absolute Gasteiger partial charge is 0.481 e. The molecule has 7 nitrogen and oxygen atoms in total. The summed E-state index contributed by atoms with van der Waals surface area (Å²) in [5.74, 6) is -2.37. The van der Waals surface area contributed by atoms with Gasteiger partial charge in [-0.15, -0.1) is 0 Å². The highest BCUT2D eigenvalue weighted by Crippen LogP contribution is 2.31. The van der Waals surface area contributed by atoms with E-state index >= 15 is 0 Å². The molecule has 0 saturated carbocycles. The molecule has 2 heterocycles. The molecule has 2 amide bonds. The van der Waals surface area contributed by atoms with Gasteiger partial charge in [-0.05, 0) is 13.3 Å². The van der Waals surface area contributed by atoms with Crippen LogP contribution >= 0.6 is 0 Å². The molecule has 142 valence electrons. The molecule has 2 fully saturated rings. The Morgan fingerprint density at radius 1 is 1.19 bits per heavy atom. The molecule has 2 saturated heterocycles. The number of aliphatic carboxylic acids is 1. The third kappa shape index (κ3) is 3.57. The van der Waals surface area contributed by atoms with E-state index in [-0.39, 0.29) is 24.5 Å². The average molecular weight is 369 g/mol. The van der Waals surface area contributed by atoms with E-state index in [0.717, 1.165) is 12.1 Å². The minimum absolute atomic E-state index is 0.0180. The molecule has 0 bridgehead atoms. The number of anilines is 2. The number of nitrogens with zero attached hydrogens (tertiary/aromatic N) is 2. The minimum atomic E-state index is -1.03. The minimum Gasteiger partial charge on any atom is -0.481 e. The van der Waals surface area contributed by atoms with Crippen LogP contribution in [0, 0.1) is 17.0 Å². The summed E-state index contributed by atoms with van der Waals surface area (Å²) in [6, 6.07) is 1.36. The number of carbonyl (C=O) groups excluding carboxylic acids is 1. The highest BCUT2D eigenvalue weighted by molar-refractivity contribution is 5.90. The van der Waals surface area contributed by atoms with Gasteiger partial charge in [0.2, 0.25) is 0 Å². The number of amides is 2. The van der Waals surface area contributed by atoms with Crippen LogP contribution in [0.4, 0.5) is 25.0 Å². The standard InChI is InChI=1S/C17H21F2N3O4/c1-17(15(23)24)2-3-22(10-17)16(25)20-13-8-12(19)14(9-11(13)18)21-4-6-26-7-5-21/h8-9H,2-7,10H2,1H3,(H,20,25)(H,23,24). The van der Waals surface area contributed by atoms with Crippen LogP contribution in [0.2, 0.25) is 0 Å². The van der Waals surface area contributed by atoms with E-state index in [1.54, 1.807) is 11.8 Å². The number of nitrogens with one attached hydrogen (secondary N) is 1. The number of carboxylic acid groups (broad SMARTS) is 1. The van der Waals surface area contributed by atoms with Crippen LogP contribution in [0.3, 0.4) is 0 Å². The fourth-order valence-electron chi connectivity index (χ4n) is 3.18. The zero-order valence-corrected chi connectivity index (χ0v) is 14.4. The molecule has 1 unspecified atom stereocenters. The summed E-state index contributed by atoms with van der Waals surface area (Å²) in [5.41, 5.74) is -1.17. The van der Waals surface area contributed by atoms with Crippen molar-refractivity contribution in [3.05, 3.63) is 23.8 Å². The Bertz CT molecular complexity index is 724. The Morgan fingerprint density at radius 3 is 2.50 bits per heavy atom. The number of carboxylic acids is 1. The molecule has 0 aromatic heterocycles. The summed E-state index contributed by atoms with van der Waals surface area (Å²) in [6.45, 7) is 3.62. The normalized spacial score (nSPS) is 23.2. The van der Waals surface area contributed by atoms with Gasteiger partial charge in [-0.3, -0.25) is 4.79 Å². The lowest BCUT2D eigenvalue weighted by molar-refractivity contribution is -0.146. The molecule has 26 heavy (non-hydrogen) atoms. The van der Waals surface area contributed by atoms with Crippen LogP contribution in [-0.2, 0) is 9.53 Å². The molecular weight excluding hydrogens is 348 g/mol. The number of carbonyl (C=O) groups is 2. The van der Waals surface area contributed by atoms with E-state index in [4.69, 9.17) is 4.74 Å². The topological polar surface area (TPSA) is 82.1 Å². The first-order valence-corrected chi connectivity index (χ1v) is 8.41. The van der Waals surface area contributed by atoms with Gasteiger partial charge in [-0.2, -0.15) is 0 Å². The van der Waals surface area contributed by atoms with Crippen LogP contribution in [-0.4, -0.2) is 61.4 Å². The molecule has 3 rings (SSSR count). The zero-order valence-electron chi connectivity index (χ0n) is 14.4. The third-order valence-corrected chi connectivity index (χ3v) is 4.91. The smallest absolute Gasteiger partial charge is 0.321 e. The maximum atomic E-state index is 14.4. The van der Waals surface area contributed by atoms with Crippen molar-refractivity contribution in [3.63, 3.8) is 0 Å². The van der Waals surface area contributed by atoms with E-state index in [1.165, 1.54) is 4.90 Å². The summed E-state index contributed by atoms with van der Waals surface area (Å²) in [6.07, 6.45) is 0.308. The highest BCUT2D eigenvalue weighted by Gasteiger charge is 2.42. The Labute approximate surface area is 149 Å². The number of urea groups is 1. The summed E-state index contributed by atoms with van der Waals surface area (Å²) < 4.78 is 33.9. The Morgan fingerprint density at radius 2 is 1.88 bits per heavy atom. The lowest BCUT2D eigenvalue weighted by Gasteiger charge is -2.29. The van der Waals surface area contributed by atoms with Crippen LogP contribution in [0.1, 0.15) is 13.3 Å². The van der Waals surface area contributed by atoms with Gasteiger partial charge in [0.15, 0.2) is 0 Å². The second kappa shape index (κ2) is 7.06. The first kappa shape index (κ1) is 18.4. The Hall–Kier alpha value is -2.42. The second-order valence-electron chi connectivity index (χ2n) is 6.85. The number of hydrogen-bond donors (Lipinski definition) is 2. The molecule has 0 radical (unpaired) electrons. The SMILES string of the molecule is CC1(C(=O)O)CCN(C(=O)Nc2cc(F)c(N3CCOCC3)cc2F)C1. The fraction of sp³-hybridized carbons (Fsp3) is 0.529. The summed E-state index contributed by atoms with van der Waals surface area (Å²) in [4.78, 5) is 26.5. The number of rotatable bonds is 3. The van der Waals surface area contributed by atoms with Crippen molar-refractivity contribution in [1.82, 2.24) is 4.90 Å². The van der Waals surface area contributed by atoms with Crippen LogP contribution < -0.4 is 10.2 Å². The lowest BCUT2D eigenvalue weighted by Crippen LogP contribution is -2.38. The maximum absolute atomic E-state index is 14.4. The molecule has 2 aliphatic heterocycles. The van der Waals surface area contributed by atoms with E-state index in [0.29, 0.717) is 32.7 Å². The molecule has 2 N–H and O–H groups in total. The fourth-order valence-corrected chi connectivity index (χ4v) is 3.18. The predicted octanol–water partition coefficient (Wildman–Crippen LogP) is 2.13. The summed E-state index contributed by atoms with van der Waals surface area (Å²) in [7, 11) is 0. The van der Waals surface area contributed by atoms with Crippen molar-refractivity contribution in [1.29, 1.82) is 0 Å². The summed E-state index contributed by atoms with van der Waals surface area (Å²) >= 11 is 0. The van der Waals surface area contributed by atoms with Crippen LogP contribution in [0.25, 0.3) is 0 Å². The van der Waals surface area contributed by atoms with Gasteiger partial charge in [0.05, 0.1) is 30.0 Å². The van der Waals surface area contributed by atoms with Crippen molar-refractivity contribution >= 4 is 23.4 Å². The Balaban J connectivity index is 1.71. The van der Waals surface area contributed by atoms with E-state index in [1.807, 2.05) is 0 Å². The number of likely N-dealkylation sites (tertiary alicyclic amines) is 1. The van der Waals surface area contributed by atoms with Crippen LogP contribution in [0.15, 0.2) is 12.1 Å². The number of morpholine rings is 1. The Kier molecular flexibility index (Phi) is 4.99. The third-order valence-electron chi connectivity index (χ3n) is 4.91. The van der Waals surface area contributed by atoms with Crippen LogP contribution in [0.5, 0.6) is 0 Å². The molecule has 1 atom stereocenters. The molecule has 1 aromatic carbocycles. The average Bonchev–Trinajstić information content (AvgIpc) is 3.02. The zero-order chi connectivity index (χ0) is 18.9. The van der Waals surface area contributed by atoms with Gasteiger partial charge in [0, 0.05) is 38.3 Å². The monoisotopic (exact) mass is 369 g/mol. The number of halogens is 2. The molecule has 0 spiro atoms. The van der Waals surface area contributed by atoms with Gasteiger partial charge < -0.3 is 25.0 Å².